The number of allylic oxidation sites excluding steroid dienone is 1. The lowest BCUT2D eigenvalue weighted by molar-refractivity contribution is -0.128. The van der Waals surface area contributed by atoms with Crippen LogP contribution in [0.2, 0.25) is 0 Å². The standard InChI is InChI=1S/C31H47N5O5/c1-21-8-10-23(11-9-21)28-7-5-6-25(41-28)19-33-22(2)18-27(35-31(32)39-4)30(37)36-15-12-24(13-16-36)34-26-14-17-40-20-29(26)38-3/h8-11,18,24-26,28-29,33-34H,2,5-7,12-17,19-20H2,1,3-4H3,(H2,32,35)/b27-18-/t25-,26+,28+,29-/m1/s1. The van der Waals surface area contributed by atoms with Crippen molar-refractivity contribution in [3.05, 3.63) is 59.4 Å². The fraction of sp³-hybridized carbons (Fsp3) is 0.613. The molecule has 0 aromatic heterocycles. The van der Waals surface area contributed by atoms with Crippen LogP contribution in [0.25, 0.3) is 0 Å². The molecule has 4 N–H and O–H groups in total. The predicted octanol–water partition coefficient (Wildman–Crippen LogP) is 2.94. The van der Waals surface area contributed by atoms with Gasteiger partial charge in [0.1, 0.15) is 5.70 Å². The van der Waals surface area contributed by atoms with E-state index >= 15 is 0 Å². The minimum Gasteiger partial charge on any atom is -0.469 e. The smallest absolute Gasteiger partial charge is 0.287 e. The Morgan fingerprint density at radius 1 is 1.17 bits per heavy atom. The maximum absolute atomic E-state index is 13.5. The number of methoxy groups -OCH3 is 2. The second-order valence-corrected chi connectivity index (χ2v) is 11.2. The lowest BCUT2D eigenvalue weighted by atomic mass is 9.97. The zero-order valence-electron chi connectivity index (χ0n) is 24.8. The van der Waals surface area contributed by atoms with Gasteiger partial charge in [-0.15, -0.1) is 0 Å². The van der Waals surface area contributed by atoms with Gasteiger partial charge in [0, 0.05) is 51.1 Å². The Balaban J connectivity index is 1.31. The molecule has 3 saturated heterocycles. The van der Waals surface area contributed by atoms with Crippen LogP contribution in [0, 0.1) is 6.92 Å². The van der Waals surface area contributed by atoms with Crippen LogP contribution in [-0.2, 0) is 23.7 Å². The Kier molecular flexibility index (Phi) is 11.6. The number of nitrogens with two attached hydrogens (primary N) is 1. The fourth-order valence-corrected chi connectivity index (χ4v) is 5.69. The molecule has 10 heteroatoms. The highest BCUT2D eigenvalue weighted by atomic mass is 16.5. The first-order valence-corrected chi connectivity index (χ1v) is 14.8. The summed E-state index contributed by atoms with van der Waals surface area (Å²) >= 11 is 0. The molecule has 0 saturated carbocycles. The van der Waals surface area contributed by atoms with Gasteiger partial charge < -0.3 is 40.2 Å². The summed E-state index contributed by atoms with van der Waals surface area (Å²) in [5, 5.41) is 7.05. The second-order valence-electron chi connectivity index (χ2n) is 11.2. The van der Waals surface area contributed by atoms with E-state index in [0.717, 1.165) is 45.1 Å². The fourth-order valence-electron chi connectivity index (χ4n) is 5.69. The van der Waals surface area contributed by atoms with Crippen LogP contribution in [0.5, 0.6) is 0 Å². The molecule has 0 spiro atoms. The van der Waals surface area contributed by atoms with Crippen LogP contribution < -0.4 is 16.4 Å². The van der Waals surface area contributed by atoms with Crippen molar-refractivity contribution >= 4 is 11.9 Å². The predicted molar refractivity (Wildman–Crippen MR) is 159 cm³/mol. The van der Waals surface area contributed by atoms with Crippen molar-refractivity contribution in [2.45, 2.75) is 75.8 Å². The Labute approximate surface area is 244 Å². The first kappa shape index (κ1) is 31.0. The number of hydrogen-bond acceptors (Lipinski definition) is 8. The van der Waals surface area contributed by atoms with E-state index < -0.39 is 0 Å². The van der Waals surface area contributed by atoms with E-state index in [1.54, 1.807) is 13.2 Å². The van der Waals surface area contributed by atoms with E-state index in [4.69, 9.17) is 24.7 Å². The van der Waals surface area contributed by atoms with Crippen molar-refractivity contribution in [3.63, 3.8) is 0 Å². The number of hydrogen-bond donors (Lipinski definition) is 3. The number of likely N-dealkylation sites (tertiary alicyclic amines) is 1. The van der Waals surface area contributed by atoms with Gasteiger partial charge in [0.2, 0.25) is 0 Å². The summed E-state index contributed by atoms with van der Waals surface area (Å²) in [6, 6.07) is 9.05. The van der Waals surface area contributed by atoms with Gasteiger partial charge in [0.05, 0.1) is 32.0 Å². The quantitative estimate of drug-likeness (QED) is 0.170. The van der Waals surface area contributed by atoms with Crippen LogP contribution in [0.15, 0.2) is 53.3 Å². The molecule has 3 fully saturated rings. The number of carbonyl (C=O) groups excluding carboxylic acids is 1. The molecule has 4 atom stereocenters. The first-order valence-electron chi connectivity index (χ1n) is 14.8. The van der Waals surface area contributed by atoms with Crippen molar-refractivity contribution in [1.29, 1.82) is 0 Å². The molecular formula is C31H47N5O5. The van der Waals surface area contributed by atoms with Crippen molar-refractivity contribution in [2.24, 2.45) is 10.7 Å². The molecule has 41 heavy (non-hydrogen) atoms. The van der Waals surface area contributed by atoms with Crippen LogP contribution >= 0.6 is 0 Å². The van der Waals surface area contributed by atoms with Crippen LogP contribution in [0.1, 0.15) is 55.8 Å². The number of ether oxygens (including phenoxy) is 4. The monoisotopic (exact) mass is 569 g/mol. The number of piperidine rings is 1. The molecule has 3 aliphatic rings. The number of rotatable bonds is 10. The highest BCUT2D eigenvalue weighted by Crippen LogP contribution is 2.31. The molecule has 4 rings (SSSR count). The highest BCUT2D eigenvalue weighted by Gasteiger charge is 2.31. The molecular weight excluding hydrogens is 522 g/mol. The molecule has 1 aromatic carbocycles. The average molecular weight is 570 g/mol. The molecule has 3 aliphatic heterocycles. The SMILES string of the molecule is C=C(/C=C(\N=C(N)OC)C(=O)N1CCC(N[C@H]2CCOC[C@H]2OC)CC1)NC[C@H]1CCC[C@@H](c2ccc(C)cc2)O1. The summed E-state index contributed by atoms with van der Waals surface area (Å²) in [7, 11) is 3.15. The normalized spacial score (nSPS) is 26.5. The molecule has 226 valence electrons. The van der Waals surface area contributed by atoms with E-state index in [2.05, 4.69) is 53.4 Å². The van der Waals surface area contributed by atoms with Crippen LogP contribution in [0.3, 0.4) is 0 Å². The summed E-state index contributed by atoms with van der Waals surface area (Å²) < 4.78 is 22.6. The number of carbonyl (C=O) groups is 1. The van der Waals surface area contributed by atoms with Crippen molar-refractivity contribution in [1.82, 2.24) is 15.5 Å². The molecule has 1 aromatic rings. The van der Waals surface area contributed by atoms with Gasteiger partial charge in [-0.25, -0.2) is 0 Å². The van der Waals surface area contributed by atoms with Gasteiger partial charge in [0.25, 0.3) is 11.9 Å². The van der Waals surface area contributed by atoms with Gasteiger partial charge >= 0.3 is 0 Å². The van der Waals surface area contributed by atoms with E-state index in [1.807, 2.05) is 4.90 Å². The van der Waals surface area contributed by atoms with Gasteiger partial charge in [-0.3, -0.25) is 4.79 Å². The Bertz CT molecular complexity index is 1070. The summed E-state index contributed by atoms with van der Waals surface area (Å²) in [6.45, 7) is 9.38. The van der Waals surface area contributed by atoms with E-state index in [-0.39, 0.29) is 42.0 Å². The molecule has 0 bridgehead atoms. The lowest BCUT2D eigenvalue weighted by Crippen LogP contribution is -2.54. The van der Waals surface area contributed by atoms with E-state index in [1.165, 1.54) is 18.2 Å². The number of benzene rings is 1. The summed E-state index contributed by atoms with van der Waals surface area (Å²) in [4.78, 5) is 19.6. The zero-order chi connectivity index (χ0) is 29.2. The number of nitrogens with one attached hydrogen (secondary N) is 2. The number of aliphatic imine (C=N–C) groups is 1. The maximum atomic E-state index is 13.5. The molecule has 3 heterocycles. The maximum Gasteiger partial charge on any atom is 0.287 e. The summed E-state index contributed by atoms with van der Waals surface area (Å²) in [6.07, 6.45) is 7.51. The molecule has 0 unspecified atom stereocenters. The Morgan fingerprint density at radius 2 is 1.93 bits per heavy atom. The molecule has 10 nitrogen and oxygen atoms in total. The van der Waals surface area contributed by atoms with E-state index in [0.29, 0.717) is 38.0 Å². The number of amidine groups is 1. The van der Waals surface area contributed by atoms with Crippen molar-refractivity contribution < 1.29 is 23.7 Å². The molecule has 0 aliphatic carbocycles. The Morgan fingerprint density at radius 3 is 2.63 bits per heavy atom. The minimum absolute atomic E-state index is 0.0480. The first-order chi connectivity index (χ1) is 19.9. The third-order valence-electron chi connectivity index (χ3n) is 8.16. The third-order valence-corrected chi connectivity index (χ3v) is 8.16. The number of aryl methyl sites for hydroxylation is 1. The van der Waals surface area contributed by atoms with Crippen LogP contribution in [-0.4, -0.2) is 88.2 Å². The summed E-state index contributed by atoms with van der Waals surface area (Å²) in [5.41, 5.74) is 9.07. The third kappa shape index (κ3) is 9.03. The lowest BCUT2D eigenvalue weighted by Gasteiger charge is -2.38. The number of amides is 1. The molecule has 0 radical (unpaired) electrons. The summed E-state index contributed by atoms with van der Waals surface area (Å²) in [5.74, 6) is -0.194. The average Bonchev–Trinajstić information content (AvgIpc) is 3.00. The molecule has 1 amide bonds. The van der Waals surface area contributed by atoms with Gasteiger partial charge in [-0.05, 0) is 57.1 Å². The zero-order valence-corrected chi connectivity index (χ0v) is 24.8. The van der Waals surface area contributed by atoms with Crippen molar-refractivity contribution in [3.8, 4) is 0 Å². The van der Waals surface area contributed by atoms with E-state index in [9.17, 15) is 4.79 Å². The highest BCUT2D eigenvalue weighted by molar-refractivity contribution is 5.96. The van der Waals surface area contributed by atoms with Gasteiger partial charge in [0.15, 0.2) is 0 Å². The largest absolute Gasteiger partial charge is 0.469 e. The van der Waals surface area contributed by atoms with Crippen molar-refractivity contribution in [2.75, 3.05) is 47.1 Å². The minimum atomic E-state index is -0.194. The number of nitrogens with zero attached hydrogens (tertiary/aromatic N) is 2. The van der Waals surface area contributed by atoms with Gasteiger partial charge in [-0.2, -0.15) is 4.99 Å². The van der Waals surface area contributed by atoms with Gasteiger partial charge in [-0.1, -0.05) is 36.4 Å². The van der Waals surface area contributed by atoms with Crippen LogP contribution in [0.4, 0.5) is 0 Å². The Hall–Kier alpha value is -2.92. The topological polar surface area (TPSA) is 120 Å². The second kappa shape index (κ2) is 15.3.